The van der Waals surface area contributed by atoms with Gasteiger partial charge in [0.25, 0.3) is 0 Å². The van der Waals surface area contributed by atoms with Crippen LogP contribution in [0.3, 0.4) is 0 Å². The maximum absolute atomic E-state index is 11.3. The molecule has 0 bridgehead atoms. The summed E-state index contributed by atoms with van der Waals surface area (Å²) in [4.78, 5) is 11.3. The molecule has 0 saturated heterocycles. The number of aliphatic hydroxyl groups excluding tert-OH is 1. The van der Waals surface area contributed by atoms with Gasteiger partial charge in [-0.2, -0.15) is 0 Å². The second kappa shape index (κ2) is 5.95. The van der Waals surface area contributed by atoms with Crippen LogP contribution in [0.5, 0.6) is 0 Å². The lowest BCUT2D eigenvalue weighted by Gasteiger charge is -2.38. The Hall–Kier alpha value is -1.71. The molecule has 4 N–H and O–H groups in total. The standard InChI is InChI=1S/C15H22N2O2/c16-14(19)17-15(9-5-2-6-10-15)11-12-7-3-1-4-8-13(12)18/h1,4,7-8,18H,2-3,5-6,9-11H2,(H3,16,17,19). The number of carbonyl (C=O) groups is 1. The summed E-state index contributed by atoms with van der Waals surface area (Å²) >= 11 is 0. The van der Waals surface area contributed by atoms with Crippen LogP contribution in [0.4, 0.5) is 4.79 Å². The van der Waals surface area contributed by atoms with Crippen molar-refractivity contribution in [2.75, 3.05) is 0 Å². The monoisotopic (exact) mass is 262 g/mol. The van der Waals surface area contributed by atoms with Crippen LogP contribution in [0.25, 0.3) is 0 Å². The topological polar surface area (TPSA) is 75.4 Å². The Morgan fingerprint density at radius 1 is 1.37 bits per heavy atom. The number of carbonyl (C=O) groups excluding carboxylic acids is 1. The number of primary amides is 1. The van der Waals surface area contributed by atoms with Crippen LogP contribution < -0.4 is 11.1 Å². The molecule has 0 aromatic heterocycles. The number of urea groups is 1. The summed E-state index contributed by atoms with van der Waals surface area (Å²) in [6.07, 6.45) is 14.3. The van der Waals surface area contributed by atoms with E-state index in [1.54, 1.807) is 6.08 Å². The zero-order valence-corrected chi connectivity index (χ0v) is 11.2. The van der Waals surface area contributed by atoms with Crippen LogP contribution in [0.2, 0.25) is 0 Å². The zero-order valence-electron chi connectivity index (χ0n) is 11.2. The number of nitrogens with two attached hydrogens (primary N) is 1. The van der Waals surface area contributed by atoms with Gasteiger partial charge in [-0.15, -0.1) is 0 Å². The number of rotatable bonds is 3. The molecule has 0 unspecified atom stereocenters. The molecule has 0 atom stereocenters. The van der Waals surface area contributed by atoms with Crippen molar-refractivity contribution in [1.82, 2.24) is 5.32 Å². The third kappa shape index (κ3) is 3.63. The highest BCUT2D eigenvalue weighted by molar-refractivity contribution is 5.72. The normalized spacial score (nSPS) is 22.1. The first kappa shape index (κ1) is 13.7. The molecule has 0 aromatic rings. The quantitative estimate of drug-likeness (QED) is 0.731. The first-order valence-electron chi connectivity index (χ1n) is 6.94. The van der Waals surface area contributed by atoms with Crippen molar-refractivity contribution in [3.63, 3.8) is 0 Å². The van der Waals surface area contributed by atoms with E-state index in [9.17, 15) is 9.90 Å². The molecule has 4 nitrogen and oxygen atoms in total. The molecule has 2 amide bonds. The third-order valence-corrected chi connectivity index (χ3v) is 3.95. The molecule has 1 saturated carbocycles. The van der Waals surface area contributed by atoms with Gasteiger partial charge in [0.05, 0.1) is 0 Å². The fourth-order valence-electron chi connectivity index (χ4n) is 3.02. The Labute approximate surface area is 114 Å². The third-order valence-electron chi connectivity index (χ3n) is 3.95. The lowest BCUT2D eigenvalue weighted by Crippen LogP contribution is -2.52. The van der Waals surface area contributed by atoms with E-state index < -0.39 is 6.03 Å². The molecule has 4 heteroatoms. The average molecular weight is 262 g/mol. The minimum atomic E-state index is -0.474. The smallest absolute Gasteiger partial charge is 0.312 e. The van der Waals surface area contributed by atoms with E-state index in [0.717, 1.165) is 37.7 Å². The van der Waals surface area contributed by atoms with E-state index >= 15 is 0 Å². The summed E-state index contributed by atoms with van der Waals surface area (Å²) in [5.41, 5.74) is 5.93. The predicted molar refractivity (Wildman–Crippen MR) is 75.7 cm³/mol. The van der Waals surface area contributed by atoms with E-state index in [1.807, 2.05) is 18.2 Å². The fraction of sp³-hybridized carbons (Fsp3) is 0.533. The van der Waals surface area contributed by atoms with Crippen molar-refractivity contribution in [3.8, 4) is 0 Å². The average Bonchev–Trinajstić information content (AvgIpc) is 2.55. The van der Waals surface area contributed by atoms with E-state index in [2.05, 4.69) is 5.32 Å². The molecule has 19 heavy (non-hydrogen) atoms. The van der Waals surface area contributed by atoms with Gasteiger partial charge in [0.15, 0.2) is 0 Å². The van der Waals surface area contributed by atoms with Gasteiger partial charge >= 0.3 is 6.03 Å². The summed E-state index contributed by atoms with van der Waals surface area (Å²) in [5, 5.41) is 12.9. The van der Waals surface area contributed by atoms with E-state index in [0.29, 0.717) is 12.2 Å². The van der Waals surface area contributed by atoms with Crippen molar-refractivity contribution in [3.05, 3.63) is 35.6 Å². The maximum Gasteiger partial charge on any atom is 0.312 e. The highest BCUT2D eigenvalue weighted by atomic mass is 16.3. The number of hydrogen-bond acceptors (Lipinski definition) is 2. The highest BCUT2D eigenvalue weighted by Crippen LogP contribution is 2.35. The molecule has 104 valence electrons. The minimum Gasteiger partial charge on any atom is -0.508 e. The summed E-state index contributed by atoms with van der Waals surface area (Å²) in [7, 11) is 0. The molecule has 2 aliphatic carbocycles. The largest absolute Gasteiger partial charge is 0.508 e. The Morgan fingerprint density at radius 3 is 2.79 bits per heavy atom. The van der Waals surface area contributed by atoms with Crippen LogP contribution in [-0.2, 0) is 0 Å². The minimum absolute atomic E-state index is 0.290. The number of amides is 2. The Balaban J connectivity index is 2.15. The number of hydrogen-bond donors (Lipinski definition) is 3. The molecule has 0 spiro atoms. The van der Waals surface area contributed by atoms with Gasteiger partial charge in [-0.3, -0.25) is 0 Å². The second-order valence-corrected chi connectivity index (χ2v) is 5.45. The van der Waals surface area contributed by atoms with Crippen LogP contribution in [0, 0.1) is 0 Å². The van der Waals surface area contributed by atoms with E-state index in [4.69, 9.17) is 5.73 Å². The molecule has 2 aliphatic rings. The summed E-state index contributed by atoms with van der Waals surface area (Å²) < 4.78 is 0. The number of allylic oxidation sites excluding steroid dienone is 5. The Bertz CT molecular complexity index is 429. The van der Waals surface area contributed by atoms with Gasteiger partial charge in [0, 0.05) is 5.54 Å². The number of aliphatic hydroxyl groups is 1. The highest BCUT2D eigenvalue weighted by Gasteiger charge is 2.34. The molecular formula is C15H22N2O2. The Morgan fingerprint density at radius 2 is 2.11 bits per heavy atom. The Kier molecular flexibility index (Phi) is 4.30. The van der Waals surface area contributed by atoms with Gasteiger partial charge in [0.2, 0.25) is 0 Å². The summed E-state index contributed by atoms with van der Waals surface area (Å²) in [5.74, 6) is 0.296. The van der Waals surface area contributed by atoms with E-state index in [1.165, 1.54) is 6.42 Å². The van der Waals surface area contributed by atoms with Gasteiger partial charge < -0.3 is 16.2 Å². The lowest BCUT2D eigenvalue weighted by atomic mass is 9.77. The molecule has 0 heterocycles. The van der Waals surface area contributed by atoms with Crippen molar-refractivity contribution in [2.45, 2.75) is 50.5 Å². The van der Waals surface area contributed by atoms with E-state index in [-0.39, 0.29) is 5.54 Å². The molecule has 1 fully saturated rings. The maximum atomic E-state index is 11.3. The molecular weight excluding hydrogens is 240 g/mol. The van der Waals surface area contributed by atoms with Crippen LogP contribution in [-0.4, -0.2) is 16.7 Å². The van der Waals surface area contributed by atoms with Gasteiger partial charge in [-0.05, 0) is 37.3 Å². The van der Waals surface area contributed by atoms with Crippen LogP contribution >= 0.6 is 0 Å². The lowest BCUT2D eigenvalue weighted by molar-refractivity contribution is 0.206. The van der Waals surface area contributed by atoms with Crippen molar-refractivity contribution >= 4 is 6.03 Å². The van der Waals surface area contributed by atoms with Gasteiger partial charge in [-0.25, -0.2) is 4.79 Å². The molecule has 0 aliphatic heterocycles. The van der Waals surface area contributed by atoms with Gasteiger partial charge in [-0.1, -0.05) is 37.5 Å². The first-order valence-corrected chi connectivity index (χ1v) is 6.94. The predicted octanol–water partition coefficient (Wildman–Crippen LogP) is 3.08. The van der Waals surface area contributed by atoms with Crippen molar-refractivity contribution in [2.24, 2.45) is 5.73 Å². The first-order chi connectivity index (χ1) is 9.11. The molecule has 2 rings (SSSR count). The summed E-state index contributed by atoms with van der Waals surface area (Å²) in [6, 6.07) is -0.474. The van der Waals surface area contributed by atoms with Gasteiger partial charge in [0.1, 0.15) is 5.76 Å². The van der Waals surface area contributed by atoms with Crippen molar-refractivity contribution in [1.29, 1.82) is 0 Å². The summed E-state index contributed by atoms with van der Waals surface area (Å²) in [6.45, 7) is 0. The zero-order chi connectivity index (χ0) is 13.7. The number of nitrogens with one attached hydrogen (secondary N) is 1. The molecule has 0 radical (unpaired) electrons. The second-order valence-electron chi connectivity index (χ2n) is 5.45. The van der Waals surface area contributed by atoms with Crippen LogP contribution in [0.1, 0.15) is 44.9 Å². The molecule has 0 aromatic carbocycles. The van der Waals surface area contributed by atoms with Crippen molar-refractivity contribution < 1.29 is 9.90 Å². The fourth-order valence-corrected chi connectivity index (χ4v) is 3.02. The van der Waals surface area contributed by atoms with Crippen LogP contribution in [0.15, 0.2) is 35.6 Å². The SMILES string of the molecule is NC(=O)NC1(CC2=CCC=CC=C2O)CCCCC1.